The number of aromatic hydroxyl groups is 2. The summed E-state index contributed by atoms with van der Waals surface area (Å²) in [5.74, 6) is -1.20. The Morgan fingerprint density at radius 1 is 1.25 bits per heavy atom. The van der Waals surface area contributed by atoms with Crippen molar-refractivity contribution in [2.75, 3.05) is 26.4 Å². The largest absolute Gasteiger partial charge is 0.504 e. The second-order valence-electron chi connectivity index (χ2n) is 5.46. The van der Waals surface area contributed by atoms with Gasteiger partial charge in [-0.15, -0.1) is 0 Å². The molecule has 1 aromatic carbocycles. The quantitative estimate of drug-likeness (QED) is 0.332. The van der Waals surface area contributed by atoms with Crippen LogP contribution in [0.5, 0.6) is 11.5 Å². The van der Waals surface area contributed by atoms with E-state index in [9.17, 15) is 23.7 Å². The molecule has 0 heterocycles. The molecule has 0 spiro atoms. The van der Waals surface area contributed by atoms with Gasteiger partial charge in [-0.3, -0.25) is 4.55 Å². The number of nitrogens with zero attached hydrogens (tertiary/aromatic N) is 1. The minimum absolute atomic E-state index is 0.0644. The number of benzene rings is 1. The zero-order chi connectivity index (χ0) is 15.6. The Hall–Kier alpha value is -1.35. The van der Waals surface area contributed by atoms with Crippen molar-refractivity contribution >= 4 is 10.1 Å². The summed E-state index contributed by atoms with van der Waals surface area (Å²) in [5, 5.41) is 28.8. The molecule has 0 saturated heterocycles. The summed E-state index contributed by atoms with van der Waals surface area (Å²) in [7, 11) is -0.767. The van der Waals surface area contributed by atoms with Crippen LogP contribution in [0, 0.1) is 0 Å². The van der Waals surface area contributed by atoms with Crippen molar-refractivity contribution in [1.29, 1.82) is 0 Å². The van der Waals surface area contributed by atoms with Crippen LogP contribution in [0.1, 0.15) is 5.56 Å². The van der Waals surface area contributed by atoms with Crippen LogP contribution in [0.15, 0.2) is 18.2 Å². The number of phenols is 2. The molecule has 4 N–H and O–H groups in total. The highest BCUT2D eigenvalue weighted by Crippen LogP contribution is 2.30. The van der Waals surface area contributed by atoms with Gasteiger partial charge in [0.2, 0.25) is 0 Å². The molecular formula is C12H20NO6S+. The number of quaternary nitrogens is 1. The molecule has 8 heteroatoms. The normalized spacial score (nSPS) is 14.2. The Bertz CT molecular complexity index is 569. The van der Waals surface area contributed by atoms with E-state index in [1.165, 1.54) is 6.07 Å². The monoisotopic (exact) mass is 306 g/mol. The Morgan fingerprint density at radius 3 is 2.40 bits per heavy atom. The number of aliphatic hydroxyl groups is 1. The van der Waals surface area contributed by atoms with Crippen molar-refractivity contribution in [2.45, 2.75) is 12.6 Å². The Morgan fingerprint density at radius 2 is 1.85 bits per heavy atom. The highest BCUT2D eigenvalue weighted by Gasteiger charge is 2.26. The van der Waals surface area contributed by atoms with Crippen molar-refractivity contribution in [2.24, 2.45) is 0 Å². The predicted octanol–water partition coefficient (Wildman–Crippen LogP) is -0.0771. The van der Waals surface area contributed by atoms with Crippen molar-refractivity contribution in [3.05, 3.63) is 23.8 Å². The van der Waals surface area contributed by atoms with E-state index >= 15 is 0 Å². The summed E-state index contributed by atoms with van der Waals surface area (Å²) < 4.78 is 30.3. The Labute approximate surface area is 118 Å². The van der Waals surface area contributed by atoms with Gasteiger partial charge in [-0.2, -0.15) is 8.42 Å². The van der Waals surface area contributed by atoms with E-state index in [1.807, 2.05) is 0 Å². The Kier molecular flexibility index (Phi) is 4.98. The maximum absolute atomic E-state index is 10.7. The lowest BCUT2D eigenvalue weighted by Crippen LogP contribution is -2.46. The van der Waals surface area contributed by atoms with Gasteiger partial charge in [0.1, 0.15) is 24.9 Å². The fourth-order valence-corrected chi connectivity index (χ4v) is 2.69. The first-order chi connectivity index (χ1) is 9.00. The average molecular weight is 306 g/mol. The molecule has 0 fully saturated rings. The fourth-order valence-electron chi connectivity index (χ4n) is 2.10. The second kappa shape index (κ2) is 5.96. The average Bonchev–Trinajstić information content (AvgIpc) is 2.20. The highest BCUT2D eigenvalue weighted by atomic mass is 32.2. The zero-order valence-corrected chi connectivity index (χ0v) is 12.2. The standard InChI is InChI=1S/C12H19NO6S/c1-13(2,7-10(14)8-20(17,18)19)6-9-4-3-5-11(15)12(9)16/h3-5,10,14H,6-8H2,1-2H3,(H2-,15,16,17,18,19)/p+1. The SMILES string of the molecule is C[N+](C)(Cc1cccc(O)c1O)CC(O)CS(=O)(=O)O. The van der Waals surface area contributed by atoms with Crippen molar-refractivity contribution in [3.8, 4) is 11.5 Å². The first-order valence-electron chi connectivity index (χ1n) is 5.95. The summed E-state index contributed by atoms with van der Waals surface area (Å²) in [6.45, 7) is 0.345. The third kappa shape index (κ3) is 5.33. The van der Waals surface area contributed by atoms with E-state index in [2.05, 4.69) is 0 Å². The van der Waals surface area contributed by atoms with Gasteiger partial charge in [0, 0.05) is 0 Å². The maximum atomic E-state index is 10.7. The van der Waals surface area contributed by atoms with Crippen LogP contribution in [0.3, 0.4) is 0 Å². The van der Waals surface area contributed by atoms with Crippen LogP contribution in [0.2, 0.25) is 0 Å². The molecule has 7 nitrogen and oxygen atoms in total. The topological polar surface area (TPSA) is 115 Å². The summed E-state index contributed by atoms with van der Waals surface area (Å²) in [5.41, 5.74) is 0.481. The van der Waals surface area contributed by atoms with Gasteiger partial charge in [0.25, 0.3) is 10.1 Å². The Balaban J connectivity index is 2.77. The van der Waals surface area contributed by atoms with Gasteiger partial charge in [-0.1, -0.05) is 6.07 Å². The van der Waals surface area contributed by atoms with E-state index in [4.69, 9.17) is 4.55 Å². The molecule has 1 rings (SSSR count). The van der Waals surface area contributed by atoms with Gasteiger partial charge < -0.3 is 19.8 Å². The second-order valence-corrected chi connectivity index (χ2v) is 6.96. The van der Waals surface area contributed by atoms with Crippen molar-refractivity contribution < 1.29 is 32.8 Å². The van der Waals surface area contributed by atoms with Gasteiger partial charge >= 0.3 is 0 Å². The summed E-state index contributed by atoms with van der Waals surface area (Å²) in [6, 6.07) is 4.56. The molecule has 0 aliphatic carbocycles. The van der Waals surface area contributed by atoms with E-state index in [-0.39, 0.29) is 29.1 Å². The van der Waals surface area contributed by atoms with E-state index < -0.39 is 22.0 Å². The molecule has 0 aliphatic heterocycles. The number of hydrogen-bond donors (Lipinski definition) is 4. The molecule has 0 saturated carbocycles. The number of hydrogen-bond acceptors (Lipinski definition) is 5. The highest BCUT2D eigenvalue weighted by molar-refractivity contribution is 7.85. The number of phenolic OH excluding ortho intramolecular Hbond substituents is 2. The van der Waals surface area contributed by atoms with Crippen molar-refractivity contribution in [3.63, 3.8) is 0 Å². The number of likely N-dealkylation sites (N-methyl/N-ethyl adjacent to an activating group) is 1. The predicted molar refractivity (Wildman–Crippen MR) is 72.9 cm³/mol. The summed E-state index contributed by atoms with van der Waals surface area (Å²) in [4.78, 5) is 0. The van der Waals surface area contributed by atoms with Crippen LogP contribution in [-0.2, 0) is 16.7 Å². The minimum Gasteiger partial charge on any atom is -0.504 e. The first-order valence-corrected chi connectivity index (χ1v) is 7.56. The van der Waals surface area contributed by atoms with Gasteiger partial charge in [-0.05, 0) is 12.1 Å². The lowest BCUT2D eigenvalue weighted by molar-refractivity contribution is -0.906. The van der Waals surface area contributed by atoms with Crippen molar-refractivity contribution in [1.82, 2.24) is 0 Å². The van der Waals surface area contributed by atoms with Gasteiger partial charge in [0.05, 0.1) is 19.7 Å². The van der Waals surface area contributed by atoms with E-state index in [0.717, 1.165) is 0 Å². The zero-order valence-electron chi connectivity index (χ0n) is 11.4. The fraction of sp³-hybridized carbons (Fsp3) is 0.500. The van der Waals surface area contributed by atoms with Crippen LogP contribution in [0.25, 0.3) is 0 Å². The molecule has 0 amide bonds. The molecule has 0 aromatic heterocycles. The maximum Gasteiger partial charge on any atom is 0.267 e. The van der Waals surface area contributed by atoms with E-state index in [1.54, 1.807) is 26.2 Å². The third-order valence-electron chi connectivity index (χ3n) is 2.80. The lowest BCUT2D eigenvalue weighted by Gasteiger charge is -2.31. The summed E-state index contributed by atoms with van der Waals surface area (Å²) >= 11 is 0. The number of para-hydroxylation sites is 1. The molecule has 1 aromatic rings. The third-order valence-corrected chi connectivity index (χ3v) is 3.61. The van der Waals surface area contributed by atoms with Crippen LogP contribution in [-0.4, -0.2) is 65.3 Å². The smallest absolute Gasteiger partial charge is 0.267 e. The van der Waals surface area contributed by atoms with Crippen LogP contribution in [0.4, 0.5) is 0 Å². The molecule has 20 heavy (non-hydrogen) atoms. The lowest BCUT2D eigenvalue weighted by atomic mass is 10.1. The minimum atomic E-state index is -4.23. The molecule has 0 bridgehead atoms. The summed E-state index contributed by atoms with van der Waals surface area (Å²) in [6.07, 6.45) is -1.22. The molecule has 114 valence electrons. The molecule has 1 atom stereocenters. The molecule has 0 radical (unpaired) electrons. The van der Waals surface area contributed by atoms with Crippen LogP contribution >= 0.6 is 0 Å². The molecule has 0 aliphatic rings. The first kappa shape index (κ1) is 16.7. The van der Waals surface area contributed by atoms with Gasteiger partial charge in [-0.25, -0.2) is 0 Å². The number of rotatable bonds is 6. The number of aliphatic hydroxyl groups excluding tert-OH is 1. The molecular weight excluding hydrogens is 286 g/mol. The van der Waals surface area contributed by atoms with E-state index in [0.29, 0.717) is 5.56 Å². The van der Waals surface area contributed by atoms with Gasteiger partial charge in [0.15, 0.2) is 11.5 Å². The molecule has 1 unspecified atom stereocenters. The van der Waals surface area contributed by atoms with Crippen LogP contribution < -0.4 is 0 Å².